The maximum atomic E-state index is 5.37. The van der Waals surface area contributed by atoms with Gasteiger partial charge in [-0.3, -0.25) is 0 Å². The molecule has 0 atom stereocenters. The van der Waals surface area contributed by atoms with E-state index in [0.29, 0.717) is 0 Å². The maximum absolute atomic E-state index is 5.37. The van der Waals surface area contributed by atoms with Crippen LogP contribution in [0.2, 0.25) is 0 Å². The maximum Gasteiger partial charge on any atom is 0.122 e. The Bertz CT molecular complexity index is 315. The number of methoxy groups -OCH3 is 1. The van der Waals surface area contributed by atoms with Crippen molar-refractivity contribution in [3.05, 3.63) is 28.8 Å². The minimum atomic E-state index is 1.03. The molecule has 0 aromatic heterocycles. The second-order valence-electron chi connectivity index (χ2n) is 4.09. The highest BCUT2D eigenvalue weighted by molar-refractivity contribution is 5.42. The molecule has 0 aliphatic heterocycles. The zero-order chi connectivity index (χ0) is 11.3. The monoisotopic (exact) mass is 206 g/mol. The molecular weight excluding hydrogens is 184 g/mol. The molecule has 84 valence electrons. The molecule has 0 fully saturated rings. The number of ether oxygens (including phenoxy) is 1. The highest BCUT2D eigenvalue weighted by Gasteiger charge is 2.06. The first-order chi connectivity index (χ1) is 7.22. The Morgan fingerprint density at radius 1 is 1.00 bits per heavy atom. The smallest absolute Gasteiger partial charge is 0.122 e. The molecule has 0 N–H and O–H groups in total. The Hall–Kier alpha value is -0.980. The van der Waals surface area contributed by atoms with Crippen LogP contribution in [0.15, 0.2) is 12.1 Å². The third-order valence-electron chi connectivity index (χ3n) is 2.76. The fraction of sp³-hybridized carbons (Fsp3) is 0.571. The Kier molecular flexibility index (Phi) is 4.67. The van der Waals surface area contributed by atoms with Crippen LogP contribution in [0.1, 0.15) is 43.4 Å². The molecule has 0 amide bonds. The molecule has 1 rings (SSSR count). The van der Waals surface area contributed by atoms with Gasteiger partial charge in [0.05, 0.1) is 7.11 Å². The lowest BCUT2D eigenvalue weighted by molar-refractivity contribution is 0.411. The summed E-state index contributed by atoms with van der Waals surface area (Å²) in [6.45, 7) is 6.57. The molecule has 0 bridgehead atoms. The summed E-state index contributed by atoms with van der Waals surface area (Å²) < 4.78 is 5.37. The number of hydrogen-bond acceptors (Lipinski definition) is 1. The van der Waals surface area contributed by atoms with Crippen LogP contribution >= 0.6 is 0 Å². The lowest BCUT2D eigenvalue weighted by Gasteiger charge is -2.13. The molecule has 0 unspecified atom stereocenters. The Morgan fingerprint density at radius 3 is 2.00 bits per heavy atom. The van der Waals surface area contributed by atoms with Crippen molar-refractivity contribution in [3.63, 3.8) is 0 Å². The summed E-state index contributed by atoms with van der Waals surface area (Å²) >= 11 is 0. The number of hydrogen-bond donors (Lipinski definition) is 0. The van der Waals surface area contributed by atoms with Gasteiger partial charge in [0.1, 0.15) is 5.75 Å². The van der Waals surface area contributed by atoms with Crippen molar-refractivity contribution in [2.75, 3.05) is 7.11 Å². The lowest BCUT2D eigenvalue weighted by Crippen LogP contribution is -1.97. The van der Waals surface area contributed by atoms with Crippen molar-refractivity contribution >= 4 is 0 Å². The van der Waals surface area contributed by atoms with Crippen LogP contribution in [0.3, 0.4) is 0 Å². The first-order valence-corrected chi connectivity index (χ1v) is 5.89. The molecule has 1 aromatic rings. The zero-order valence-electron chi connectivity index (χ0n) is 10.4. The molecule has 0 aliphatic carbocycles. The van der Waals surface area contributed by atoms with E-state index in [1.54, 1.807) is 7.11 Å². The average Bonchev–Trinajstić information content (AvgIpc) is 2.22. The van der Waals surface area contributed by atoms with E-state index in [-0.39, 0.29) is 0 Å². The average molecular weight is 206 g/mol. The van der Waals surface area contributed by atoms with E-state index < -0.39 is 0 Å². The van der Waals surface area contributed by atoms with Crippen LogP contribution < -0.4 is 4.74 Å². The predicted octanol–water partition coefficient (Wildman–Crippen LogP) is 3.91. The highest BCUT2D eigenvalue weighted by atomic mass is 16.5. The van der Waals surface area contributed by atoms with E-state index in [9.17, 15) is 0 Å². The fourth-order valence-electron chi connectivity index (χ4n) is 2.01. The quantitative estimate of drug-likeness (QED) is 0.709. The van der Waals surface area contributed by atoms with Gasteiger partial charge in [0, 0.05) is 0 Å². The summed E-state index contributed by atoms with van der Waals surface area (Å²) in [7, 11) is 1.75. The minimum absolute atomic E-state index is 1.03. The van der Waals surface area contributed by atoms with Crippen LogP contribution in [0, 0.1) is 6.92 Å². The molecule has 1 nitrogen and oxygen atoms in total. The van der Waals surface area contributed by atoms with Crippen molar-refractivity contribution in [2.24, 2.45) is 0 Å². The SMILES string of the molecule is CCCc1cc(C)c(OC)cc1CCC. The second-order valence-corrected chi connectivity index (χ2v) is 4.09. The normalized spacial score (nSPS) is 10.4. The van der Waals surface area contributed by atoms with Crippen LogP contribution in [-0.4, -0.2) is 7.11 Å². The van der Waals surface area contributed by atoms with Gasteiger partial charge in [-0.1, -0.05) is 32.8 Å². The lowest BCUT2D eigenvalue weighted by atomic mass is 9.97. The van der Waals surface area contributed by atoms with Gasteiger partial charge in [0.25, 0.3) is 0 Å². The number of benzene rings is 1. The summed E-state index contributed by atoms with van der Waals surface area (Å²) in [6, 6.07) is 4.50. The number of aryl methyl sites for hydroxylation is 3. The van der Waals surface area contributed by atoms with E-state index in [4.69, 9.17) is 4.74 Å². The van der Waals surface area contributed by atoms with E-state index in [1.165, 1.54) is 36.0 Å². The molecule has 0 spiro atoms. The topological polar surface area (TPSA) is 9.23 Å². The summed E-state index contributed by atoms with van der Waals surface area (Å²) in [5.74, 6) is 1.03. The van der Waals surface area contributed by atoms with Gasteiger partial charge < -0.3 is 4.74 Å². The predicted molar refractivity (Wildman–Crippen MR) is 65.7 cm³/mol. The first-order valence-electron chi connectivity index (χ1n) is 5.89. The van der Waals surface area contributed by atoms with E-state index in [1.807, 2.05) is 0 Å². The third kappa shape index (κ3) is 2.98. The van der Waals surface area contributed by atoms with Crippen LogP contribution in [0.4, 0.5) is 0 Å². The van der Waals surface area contributed by atoms with Gasteiger partial charge in [-0.2, -0.15) is 0 Å². The summed E-state index contributed by atoms with van der Waals surface area (Å²) in [4.78, 5) is 0. The van der Waals surface area contributed by atoms with Crippen molar-refractivity contribution in [1.82, 2.24) is 0 Å². The molecule has 15 heavy (non-hydrogen) atoms. The van der Waals surface area contributed by atoms with Gasteiger partial charge in [-0.25, -0.2) is 0 Å². The van der Waals surface area contributed by atoms with Gasteiger partial charge in [-0.05, 0) is 42.5 Å². The van der Waals surface area contributed by atoms with Gasteiger partial charge >= 0.3 is 0 Å². The third-order valence-corrected chi connectivity index (χ3v) is 2.76. The van der Waals surface area contributed by atoms with Crippen molar-refractivity contribution in [3.8, 4) is 5.75 Å². The van der Waals surface area contributed by atoms with Crippen LogP contribution in [-0.2, 0) is 12.8 Å². The summed E-state index contributed by atoms with van der Waals surface area (Å²) in [6.07, 6.45) is 4.75. The second kappa shape index (κ2) is 5.79. The minimum Gasteiger partial charge on any atom is -0.496 e. The van der Waals surface area contributed by atoms with Crippen LogP contribution in [0.5, 0.6) is 5.75 Å². The zero-order valence-corrected chi connectivity index (χ0v) is 10.4. The fourth-order valence-corrected chi connectivity index (χ4v) is 2.01. The van der Waals surface area contributed by atoms with Gasteiger partial charge in [0.15, 0.2) is 0 Å². The Balaban J connectivity index is 3.07. The highest BCUT2D eigenvalue weighted by Crippen LogP contribution is 2.24. The first kappa shape index (κ1) is 12.1. The van der Waals surface area contributed by atoms with Crippen LogP contribution in [0.25, 0.3) is 0 Å². The standard InChI is InChI=1S/C14H22O/c1-5-7-12-9-11(3)14(15-4)10-13(12)8-6-2/h9-10H,5-8H2,1-4H3. The number of rotatable bonds is 5. The molecule has 0 heterocycles. The largest absolute Gasteiger partial charge is 0.496 e. The Labute approximate surface area is 93.5 Å². The van der Waals surface area contributed by atoms with E-state index in [2.05, 4.69) is 32.9 Å². The van der Waals surface area contributed by atoms with Crippen molar-refractivity contribution in [2.45, 2.75) is 46.5 Å². The van der Waals surface area contributed by atoms with Crippen molar-refractivity contribution in [1.29, 1.82) is 0 Å². The molecule has 0 saturated heterocycles. The van der Waals surface area contributed by atoms with Gasteiger partial charge in [0.2, 0.25) is 0 Å². The molecule has 0 aliphatic rings. The van der Waals surface area contributed by atoms with E-state index in [0.717, 1.165) is 12.2 Å². The van der Waals surface area contributed by atoms with E-state index >= 15 is 0 Å². The van der Waals surface area contributed by atoms with Gasteiger partial charge in [-0.15, -0.1) is 0 Å². The molecule has 0 saturated carbocycles. The molecule has 1 aromatic carbocycles. The molecule has 1 heteroatoms. The van der Waals surface area contributed by atoms with Crippen molar-refractivity contribution < 1.29 is 4.74 Å². The molecular formula is C14H22O. The Morgan fingerprint density at radius 2 is 1.53 bits per heavy atom. The molecule has 0 radical (unpaired) electrons. The summed E-state index contributed by atoms with van der Waals surface area (Å²) in [5.41, 5.74) is 4.21. The summed E-state index contributed by atoms with van der Waals surface area (Å²) in [5, 5.41) is 0.